The predicted molar refractivity (Wildman–Crippen MR) is 119 cm³/mol. The van der Waals surface area contributed by atoms with Crippen LogP contribution in [0, 0.1) is 6.92 Å². The molecule has 0 atom stereocenters. The molecule has 7 nitrogen and oxygen atoms in total. The molecule has 0 fully saturated rings. The number of ether oxygens (including phenoxy) is 1. The van der Waals surface area contributed by atoms with Gasteiger partial charge in [0.05, 0.1) is 40.7 Å². The van der Waals surface area contributed by atoms with Crippen molar-refractivity contribution in [3.63, 3.8) is 0 Å². The fraction of sp³-hybridized carbons (Fsp3) is 0.0833. The molecule has 5 aromatic rings. The average Bonchev–Trinajstić information content (AvgIpc) is 3.15. The van der Waals surface area contributed by atoms with Crippen molar-refractivity contribution in [2.24, 2.45) is 0 Å². The molecule has 0 aliphatic carbocycles. The van der Waals surface area contributed by atoms with Crippen molar-refractivity contribution in [3.05, 3.63) is 84.6 Å². The van der Waals surface area contributed by atoms with E-state index in [0.717, 1.165) is 22.5 Å². The zero-order valence-corrected chi connectivity index (χ0v) is 17.0. The number of nitrogens with one attached hydrogen (secondary N) is 1. The van der Waals surface area contributed by atoms with Crippen LogP contribution in [0.25, 0.3) is 27.8 Å². The molecule has 7 heteroatoms. The number of hydrogen-bond donors (Lipinski definition) is 1. The van der Waals surface area contributed by atoms with Crippen LogP contribution in [-0.2, 0) is 0 Å². The van der Waals surface area contributed by atoms with Gasteiger partial charge in [-0.05, 0) is 55.5 Å². The molecule has 4 aromatic heterocycles. The first-order valence-electron chi connectivity index (χ1n) is 9.78. The molecule has 0 aliphatic rings. The molecule has 4 heterocycles. The minimum absolute atomic E-state index is 0.237. The molecular weight excluding hydrogens is 390 g/mol. The summed E-state index contributed by atoms with van der Waals surface area (Å²) in [5, 5.41) is 3.70. The van der Waals surface area contributed by atoms with Gasteiger partial charge in [-0.3, -0.25) is 9.78 Å². The van der Waals surface area contributed by atoms with E-state index in [0.29, 0.717) is 28.0 Å². The minimum Gasteiger partial charge on any atom is -0.497 e. The number of benzene rings is 1. The number of rotatable bonds is 4. The van der Waals surface area contributed by atoms with Crippen molar-refractivity contribution in [1.29, 1.82) is 0 Å². The second-order valence-corrected chi connectivity index (χ2v) is 7.07. The summed E-state index contributed by atoms with van der Waals surface area (Å²) in [7, 11) is 1.63. The van der Waals surface area contributed by atoms with Gasteiger partial charge in [-0.1, -0.05) is 6.07 Å². The zero-order chi connectivity index (χ0) is 21.4. The van der Waals surface area contributed by atoms with E-state index in [1.54, 1.807) is 19.4 Å². The summed E-state index contributed by atoms with van der Waals surface area (Å²) < 4.78 is 7.18. The number of aryl methyl sites for hydroxylation is 1. The molecule has 31 heavy (non-hydrogen) atoms. The van der Waals surface area contributed by atoms with E-state index in [-0.39, 0.29) is 5.91 Å². The number of methoxy groups -OCH3 is 1. The molecule has 152 valence electrons. The standard InChI is InChI=1S/C24H19N5O2/c1-15-18(6-5-12-25-15)28-24(30)20-19-7-3-4-13-29(19)23-21(20)22(26-14-27-23)16-8-10-17(31-2)11-9-16/h3-14H,1-2H3,(H,28,30). The average molecular weight is 409 g/mol. The first-order chi connectivity index (χ1) is 15.2. The fourth-order valence-electron chi connectivity index (χ4n) is 3.75. The smallest absolute Gasteiger partial charge is 0.258 e. The highest BCUT2D eigenvalue weighted by atomic mass is 16.5. The lowest BCUT2D eigenvalue weighted by Gasteiger charge is -2.09. The number of carbonyl (C=O) groups excluding carboxylic acids is 1. The Morgan fingerprint density at radius 3 is 2.61 bits per heavy atom. The topological polar surface area (TPSA) is 81.4 Å². The third-order valence-corrected chi connectivity index (χ3v) is 5.27. The highest BCUT2D eigenvalue weighted by Crippen LogP contribution is 2.34. The van der Waals surface area contributed by atoms with Gasteiger partial charge in [0.1, 0.15) is 17.7 Å². The van der Waals surface area contributed by atoms with Crippen molar-refractivity contribution in [2.45, 2.75) is 6.92 Å². The van der Waals surface area contributed by atoms with Gasteiger partial charge in [-0.25, -0.2) is 9.97 Å². The minimum atomic E-state index is -0.237. The van der Waals surface area contributed by atoms with Crippen LogP contribution in [0.3, 0.4) is 0 Å². The van der Waals surface area contributed by atoms with Gasteiger partial charge in [0.2, 0.25) is 0 Å². The van der Waals surface area contributed by atoms with Crippen molar-refractivity contribution in [1.82, 2.24) is 19.4 Å². The molecule has 5 rings (SSSR count). The summed E-state index contributed by atoms with van der Waals surface area (Å²) in [5.74, 6) is 0.514. The molecule has 0 saturated carbocycles. The SMILES string of the molecule is COc1ccc(-c2ncnc3c2c(C(=O)Nc2cccnc2C)c2ccccn23)cc1. The summed E-state index contributed by atoms with van der Waals surface area (Å²) in [6, 6.07) is 17.0. The first-order valence-corrected chi connectivity index (χ1v) is 9.78. The molecule has 0 aliphatic heterocycles. The Morgan fingerprint density at radius 1 is 1.00 bits per heavy atom. The van der Waals surface area contributed by atoms with Gasteiger partial charge < -0.3 is 14.5 Å². The lowest BCUT2D eigenvalue weighted by Crippen LogP contribution is -2.13. The maximum atomic E-state index is 13.5. The second kappa shape index (κ2) is 7.53. The molecule has 0 saturated heterocycles. The Kier molecular flexibility index (Phi) is 4.55. The number of carbonyl (C=O) groups is 1. The number of pyridine rings is 2. The lowest BCUT2D eigenvalue weighted by atomic mass is 10.0. The second-order valence-electron chi connectivity index (χ2n) is 7.07. The van der Waals surface area contributed by atoms with Crippen molar-refractivity contribution in [2.75, 3.05) is 12.4 Å². The molecule has 0 radical (unpaired) electrons. The zero-order valence-electron chi connectivity index (χ0n) is 17.0. The fourth-order valence-corrected chi connectivity index (χ4v) is 3.75. The summed E-state index contributed by atoms with van der Waals surface area (Å²) in [6.45, 7) is 1.86. The van der Waals surface area contributed by atoms with Gasteiger partial charge >= 0.3 is 0 Å². The van der Waals surface area contributed by atoms with Crippen LogP contribution in [0.5, 0.6) is 5.75 Å². The summed E-state index contributed by atoms with van der Waals surface area (Å²) in [4.78, 5) is 26.8. The number of aromatic nitrogens is 4. The Morgan fingerprint density at radius 2 is 1.84 bits per heavy atom. The third kappa shape index (κ3) is 3.16. The van der Waals surface area contributed by atoms with Gasteiger partial charge in [-0.2, -0.15) is 0 Å². The molecule has 1 N–H and O–H groups in total. The number of fused-ring (bicyclic) bond motifs is 3. The number of hydrogen-bond acceptors (Lipinski definition) is 5. The number of amides is 1. The van der Waals surface area contributed by atoms with Crippen molar-refractivity contribution in [3.8, 4) is 17.0 Å². The summed E-state index contributed by atoms with van der Waals surface area (Å²) >= 11 is 0. The first kappa shape index (κ1) is 18.7. The van der Waals surface area contributed by atoms with Crippen LogP contribution in [0.1, 0.15) is 16.1 Å². The van der Waals surface area contributed by atoms with Crippen LogP contribution >= 0.6 is 0 Å². The van der Waals surface area contributed by atoms with Crippen molar-refractivity contribution < 1.29 is 9.53 Å². The van der Waals surface area contributed by atoms with Gasteiger partial charge in [0, 0.05) is 18.0 Å². The largest absolute Gasteiger partial charge is 0.497 e. The Balaban J connectivity index is 1.75. The Bertz CT molecular complexity index is 1420. The van der Waals surface area contributed by atoms with Crippen LogP contribution < -0.4 is 10.1 Å². The van der Waals surface area contributed by atoms with Gasteiger partial charge in [-0.15, -0.1) is 0 Å². The van der Waals surface area contributed by atoms with Crippen LogP contribution in [0.4, 0.5) is 5.69 Å². The van der Waals surface area contributed by atoms with Crippen LogP contribution in [0.15, 0.2) is 73.3 Å². The van der Waals surface area contributed by atoms with Gasteiger partial charge in [0.15, 0.2) is 0 Å². The van der Waals surface area contributed by atoms with E-state index >= 15 is 0 Å². The number of anilines is 1. The van der Waals surface area contributed by atoms with Crippen LogP contribution in [0.2, 0.25) is 0 Å². The normalized spacial score (nSPS) is 11.0. The number of nitrogens with zero attached hydrogens (tertiary/aromatic N) is 4. The maximum Gasteiger partial charge on any atom is 0.258 e. The van der Waals surface area contributed by atoms with E-state index in [2.05, 4.69) is 20.3 Å². The van der Waals surface area contributed by atoms with Crippen LogP contribution in [-0.4, -0.2) is 32.4 Å². The monoisotopic (exact) mass is 409 g/mol. The van der Waals surface area contributed by atoms with Gasteiger partial charge in [0.25, 0.3) is 5.91 Å². The highest BCUT2D eigenvalue weighted by molar-refractivity contribution is 6.20. The van der Waals surface area contributed by atoms with E-state index < -0.39 is 0 Å². The molecule has 0 unspecified atom stereocenters. The van der Waals surface area contributed by atoms with E-state index in [4.69, 9.17) is 4.74 Å². The van der Waals surface area contributed by atoms with E-state index in [1.165, 1.54) is 6.33 Å². The quantitative estimate of drug-likeness (QED) is 0.472. The molecule has 0 bridgehead atoms. The lowest BCUT2D eigenvalue weighted by molar-refractivity contribution is 0.102. The third-order valence-electron chi connectivity index (χ3n) is 5.27. The van der Waals surface area contributed by atoms with Crippen molar-refractivity contribution >= 4 is 28.1 Å². The molecule has 1 amide bonds. The molecule has 1 aromatic carbocycles. The summed E-state index contributed by atoms with van der Waals surface area (Å²) in [6.07, 6.45) is 5.12. The summed E-state index contributed by atoms with van der Waals surface area (Å²) in [5.41, 5.74) is 4.91. The Hall–Kier alpha value is -4.26. The van der Waals surface area contributed by atoms with E-state index in [1.807, 2.05) is 66.1 Å². The Labute approximate surface area is 178 Å². The maximum absolute atomic E-state index is 13.5. The molecule has 0 spiro atoms. The highest BCUT2D eigenvalue weighted by Gasteiger charge is 2.23. The molecular formula is C24H19N5O2. The van der Waals surface area contributed by atoms with E-state index in [9.17, 15) is 4.79 Å². The predicted octanol–water partition coefficient (Wildman–Crippen LogP) is 4.51.